The van der Waals surface area contributed by atoms with Gasteiger partial charge in [-0.3, -0.25) is 0 Å². The average molecular weight is 411 g/mol. The second kappa shape index (κ2) is 9.06. The molecule has 0 atom stereocenters. The topological polar surface area (TPSA) is 49.5 Å². The van der Waals surface area contributed by atoms with Crippen LogP contribution in [0.2, 0.25) is 0 Å². The van der Waals surface area contributed by atoms with Crippen molar-refractivity contribution in [3.05, 3.63) is 65.5 Å². The summed E-state index contributed by atoms with van der Waals surface area (Å²) in [5.74, 6) is 1.85. The van der Waals surface area contributed by atoms with E-state index in [1.807, 2.05) is 23.9 Å². The van der Waals surface area contributed by atoms with Crippen molar-refractivity contribution in [1.29, 1.82) is 0 Å². The molecule has 3 aromatic rings. The number of oxazole rings is 1. The predicted molar refractivity (Wildman–Crippen MR) is 121 cm³/mol. The third-order valence-electron chi connectivity index (χ3n) is 4.65. The molecular weight excluding hydrogens is 380 g/mol. The maximum absolute atomic E-state index is 10.2. The van der Waals surface area contributed by atoms with Gasteiger partial charge < -0.3 is 14.4 Å². The zero-order chi connectivity index (χ0) is 21.0. The van der Waals surface area contributed by atoms with E-state index in [0.29, 0.717) is 11.6 Å². The van der Waals surface area contributed by atoms with Crippen LogP contribution in [0.25, 0.3) is 11.5 Å². The zero-order valence-corrected chi connectivity index (χ0v) is 18.7. The fourth-order valence-electron chi connectivity index (χ4n) is 3.15. The van der Waals surface area contributed by atoms with Crippen molar-refractivity contribution in [2.24, 2.45) is 0 Å². The Hall–Kier alpha value is -2.24. The van der Waals surface area contributed by atoms with E-state index in [2.05, 4.69) is 69.0 Å². The summed E-state index contributed by atoms with van der Waals surface area (Å²) < 4.78 is 5.71. The maximum atomic E-state index is 10.2. The molecule has 0 spiro atoms. The lowest BCUT2D eigenvalue weighted by molar-refractivity contribution is 0.402. The van der Waals surface area contributed by atoms with E-state index in [-0.39, 0.29) is 5.41 Å². The van der Waals surface area contributed by atoms with Gasteiger partial charge in [0.25, 0.3) is 0 Å². The van der Waals surface area contributed by atoms with Crippen LogP contribution in [0.15, 0.2) is 58.0 Å². The van der Waals surface area contributed by atoms with Crippen molar-refractivity contribution in [2.75, 3.05) is 19.8 Å². The lowest BCUT2D eigenvalue weighted by Gasteiger charge is -2.20. The van der Waals surface area contributed by atoms with Crippen LogP contribution in [0, 0.1) is 0 Å². The molecule has 0 saturated carbocycles. The highest BCUT2D eigenvalue weighted by atomic mass is 32.2. The predicted octanol–water partition coefficient (Wildman–Crippen LogP) is 5.74. The van der Waals surface area contributed by atoms with Crippen LogP contribution in [-0.4, -0.2) is 34.8 Å². The Morgan fingerprint density at radius 2 is 1.79 bits per heavy atom. The Labute approximate surface area is 178 Å². The highest BCUT2D eigenvalue weighted by Crippen LogP contribution is 2.34. The number of aromatic hydroxyl groups is 1. The van der Waals surface area contributed by atoms with Gasteiger partial charge in [-0.05, 0) is 55.4 Å². The summed E-state index contributed by atoms with van der Waals surface area (Å²) in [7, 11) is 4.16. The lowest BCUT2D eigenvalue weighted by Crippen LogP contribution is -2.11. The van der Waals surface area contributed by atoms with Gasteiger partial charge in [0.1, 0.15) is 12.0 Å². The van der Waals surface area contributed by atoms with Crippen LogP contribution in [0.1, 0.15) is 37.6 Å². The highest BCUT2D eigenvalue weighted by molar-refractivity contribution is 7.99. The Kier molecular flexibility index (Phi) is 6.70. The van der Waals surface area contributed by atoms with Gasteiger partial charge in [-0.1, -0.05) is 32.9 Å². The normalized spacial score (nSPS) is 11.9. The number of rotatable bonds is 7. The largest absolute Gasteiger partial charge is 0.508 e. The number of phenolic OH excluding ortho intramolecular Hbond substituents is 1. The van der Waals surface area contributed by atoms with Gasteiger partial charge in [0.05, 0.1) is 5.69 Å². The molecule has 5 heteroatoms. The standard InChI is InChI=1S/C24H30N2O2S/c1-24(2,3)21-14-18(8-11-22(21)27)23-25-19(16-28-23)12-13-29-20-9-6-17(7-10-20)15-26(4)5/h6-11,14,16,27H,12-13,15H2,1-5H3. The SMILES string of the molecule is CN(C)Cc1ccc(SCCc2coc(-c3ccc(O)c(C(C)(C)C)c3)n2)cc1. The molecule has 0 amide bonds. The van der Waals surface area contributed by atoms with Gasteiger partial charge in [0.2, 0.25) is 5.89 Å². The Morgan fingerprint density at radius 3 is 2.45 bits per heavy atom. The van der Waals surface area contributed by atoms with Gasteiger partial charge in [-0.25, -0.2) is 4.98 Å². The summed E-state index contributed by atoms with van der Waals surface area (Å²) in [4.78, 5) is 8.08. The smallest absolute Gasteiger partial charge is 0.226 e. The van der Waals surface area contributed by atoms with Gasteiger partial charge in [0.15, 0.2) is 0 Å². The van der Waals surface area contributed by atoms with Crippen molar-refractivity contribution in [3.8, 4) is 17.2 Å². The molecular formula is C24H30N2O2S. The minimum Gasteiger partial charge on any atom is -0.508 e. The second-order valence-corrected chi connectivity index (χ2v) is 9.77. The van der Waals surface area contributed by atoms with Crippen LogP contribution in [0.3, 0.4) is 0 Å². The van der Waals surface area contributed by atoms with Crippen LogP contribution < -0.4 is 0 Å². The van der Waals surface area contributed by atoms with Crippen LogP contribution >= 0.6 is 11.8 Å². The number of thioether (sulfide) groups is 1. The summed E-state index contributed by atoms with van der Waals surface area (Å²) in [5.41, 5.74) is 3.91. The van der Waals surface area contributed by atoms with E-state index < -0.39 is 0 Å². The number of nitrogens with zero attached hydrogens (tertiary/aromatic N) is 2. The van der Waals surface area contributed by atoms with E-state index in [9.17, 15) is 5.11 Å². The molecule has 1 heterocycles. The van der Waals surface area contributed by atoms with Crippen LogP contribution in [-0.2, 0) is 18.4 Å². The summed E-state index contributed by atoms with van der Waals surface area (Å²) in [6.45, 7) is 7.20. The van der Waals surface area contributed by atoms with Crippen LogP contribution in [0.4, 0.5) is 0 Å². The molecule has 3 rings (SSSR count). The minimum absolute atomic E-state index is 0.145. The first-order valence-electron chi connectivity index (χ1n) is 9.87. The van der Waals surface area contributed by atoms with Gasteiger partial charge in [-0.15, -0.1) is 11.8 Å². The Morgan fingerprint density at radius 1 is 1.07 bits per heavy atom. The van der Waals surface area contributed by atoms with E-state index in [0.717, 1.165) is 35.5 Å². The fourth-order valence-corrected chi connectivity index (χ4v) is 4.03. The molecule has 1 N–H and O–H groups in total. The van der Waals surface area contributed by atoms with E-state index in [1.165, 1.54) is 10.5 Å². The molecule has 0 aliphatic heterocycles. The average Bonchev–Trinajstić information content (AvgIpc) is 3.11. The molecule has 154 valence electrons. The van der Waals surface area contributed by atoms with Crippen molar-refractivity contribution in [2.45, 2.75) is 44.0 Å². The third-order valence-corrected chi connectivity index (χ3v) is 5.67. The fraction of sp³-hybridized carbons (Fsp3) is 0.375. The van der Waals surface area contributed by atoms with Gasteiger partial charge >= 0.3 is 0 Å². The van der Waals surface area contributed by atoms with Crippen LogP contribution in [0.5, 0.6) is 5.75 Å². The number of aromatic nitrogens is 1. The van der Waals surface area contributed by atoms with Gasteiger partial charge in [0, 0.05) is 34.7 Å². The number of benzene rings is 2. The summed E-state index contributed by atoms with van der Waals surface area (Å²) in [5, 5.41) is 10.2. The second-order valence-electron chi connectivity index (χ2n) is 8.61. The first kappa shape index (κ1) is 21.5. The Bertz CT molecular complexity index is 940. The number of phenols is 1. The molecule has 0 aliphatic rings. The molecule has 0 aliphatic carbocycles. The van der Waals surface area contributed by atoms with Crippen molar-refractivity contribution in [3.63, 3.8) is 0 Å². The molecule has 0 fully saturated rings. The Balaban J connectivity index is 1.60. The molecule has 2 aromatic carbocycles. The monoisotopic (exact) mass is 410 g/mol. The van der Waals surface area contributed by atoms with Gasteiger partial charge in [-0.2, -0.15) is 0 Å². The highest BCUT2D eigenvalue weighted by Gasteiger charge is 2.19. The number of aryl methyl sites for hydroxylation is 1. The van der Waals surface area contributed by atoms with Crippen molar-refractivity contribution >= 4 is 11.8 Å². The third kappa shape index (κ3) is 5.87. The molecule has 0 unspecified atom stereocenters. The van der Waals surface area contributed by atoms with E-state index >= 15 is 0 Å². The molecule has 1 aromatic heterocycles. The molecule has 29 heavy (non-hydrogen) atoms. The number of hydrogen-bond donors (Lipinski definition) is 1. The van der Waals surface area contributed by atoms with Crippen molar-refractivity contribution < 1.29 is 9.52 Å². The summed E-state index contributed by atoms with van der Waals surface area (Å²) in [6, 6.07) is 14.3. The van der Waals surface area contributed by atoms with Crippen molar-refractivity contribution in [1.82, 2.24) is 9.88 Å². The maximum Gasteiger partial charge on any atom is 0.226 e. The molecule has 0 saturated heterocycles. The summed E-state index contributed by atoms with van der Waals surface area (Å²) in [6.07, 6.45) is 2.58. The molecule has 0 bridgehead atoms. The first-order valence-corrected chi connectivity index (χ1v) is 10.9. The van der Waals surface area contributed by atoms with E-state index in [1.54, 1.807) is 12.3 Å². The summed E-state index contributed by atoms with van der Waals surface area (Å²) >= 11 is 1.83. The minimum atomic E-state index is -0.145. The molecule has 4 nitrogen and oxygen atoms in total. The molecule has 0 radical (unpaired) electrons. The van der Waals surface area contributed by atoms with E-state index in [4.69, 9.17) is 4.42 Å². The first-order chi connectivity index (χ1) is 13.7. The zero-order valence-electron chi connectivity index (χ0n) is 17.9. The quantitative estimate of drug-likeness (QED) is 0.503. The lowest BCUT2D eigenvalue weighted by atomic mass is 9.85. The number of hydrogen-bond acceptors (Lipinski definition) is 5.